The van der Waals surface area contributed by atoms with Gasteiger partial charge in [-0.3, -0.25) is 14.6 Å². The fraction of sp³-hybridized carbons (Fsp3) is 0.240. The molecule has 0 atom stereocenters. The molecule has 0 bridgehead atoms. The van der Waals surface area contributed by atoms with Crippen LogP contribution in [0.15, 0.2) is 65.0 Å². The van der Waals surface area contributed by atoms with Crippen molar-refractivity contribution in [3.63, 3.8) is 0 Å². The number of amides is 1. The van der Waals surface area contributed by atoms with Crippen LogP contribution in [0.3, 0.4) is 0 Å². The third-order valence-corrected chi connectivity index (χ3v) is 6.90. The standard InChI is InChI=1S/C25H21BrClN3O3/c26-19-12-18-15-33-22-13-20(27)1-2-21(22)24(25(18)29-14-19)17-5-9-30(32,10-6-17)23(31)11-16-3-7-28-8-4-16/h1-4,7-8,12-14H,5-6,9-11,15H2. The van der Waals surface area contributed by atoms with E-state index in [1.807, 2.05) is 24.3 Å². The Kier molecular flexibility index (Phi) is 6.05. The quantitative estimate of drug-likeness (QED) is 0.327. The van der Waals surface area contributed by atoms with E-state index in [0.717, 1.165) is 38.0 Å². The molecule has 0 radical (unpaired) electrons. The summed E-state index contributed by atoms with van der Waals surface area (Å²) in [5, 5.41) is 14.0. The molecule has 33 heavy (non-hydrogen) atoms. The lowest BCUT2D eigenvalue weighted by atomic mass is 9.89. The molecule has 2 aliphatic heterocycles. The minimum atomic E-state index is -0.816. The van der Waals surface area contributed by atoms with Gasteiger partial charge in [0.2, 0.25) is 0 Å². The Bertz CT molecular complexity index is 1200. The van der Waals surface area contributed by atoms with Crippen LogP contribution in [-0.2, 0) is 17.8 Å². The van der Waals surface area contributed by atoms with Crippen molar-refractivity contribution >= 4 is 39.0 Å². The van der Waals surface area contributed by atoms with Crippen LogP contribution in [0.5, 0.6) is 5.75 Å². The number of ether oxygens (including phenoxy) is 1. The van der Waals surface area contributed by atoms with Crippen molar-refractivity contribution in [2.24, 2.45) is 0 Å². The second-order valence-electron chi connectivity index (χ2n) is 8.33. The highest BCUT2D eigenvalue weighted by Gasteiger charge is 2.34. The van der Waals surface area contributed by atoms with E-state index in [4.69, 9.17) is 21.3 Å². The fourth-order valence-electron chi connectivity index (χ4n) is 4.47. The normalized spacial score (nSPS) is 19.8. The molecule has 6 nitrogen and oxygen atoms in total. The number of hydrogen-bond acceptors (Lipinski definition) is 5. The highest BCUT2D eigenvalue weighted by atomic mass is 79.9. The van der Waals surface area contributed by atoms with Crippen LogP contribution in [0.1, 0.15) is 35.2 Å². The lowest BCUT2D eigenvalue weighted by Crippen LogP contribution is -2.52. The van der Waals surface area contributed by atoms with E-state index >= 15 is 0 Å². The topological polar surface area (TPSA) is 75.1 Å². The molecule has 1 amide bonds. The summed E-state index contributed by atoms with van der Waals surface area (Å²) in [6.45, 7) is 0.786. The van der Waals surface area contributed by atoms with E-state index < -0.39 is 4.65 Å². The Morgan fingerprint density at radius 1 is 1.15 bits per heavy atom. The molecule has 2 aromatic heterocycles. The first-order valence-electron chi connectivity index (χ1n) is 10.7. The number of rotatable bonds is 2. The molecule has 0 saturated carbocycles. The van der Waals surface area contributed by atoms with E-state index in [0.29, 0.717) is 30.2 Å². The maximum Gasteiger partial charge on any atom is 0.318 e. The van der Waals surface area contributed by atoms with Crippen molar-refractivity contribution < 1.29 is 14.2 Å². The molecule has 1 aromatic carbocycles. The number of piperidine rings is 1. The number of hydroxylamine groups is 3. The molecule has 1 fully saturated rings. The number of halogens is 2. The van der Waals surface area contributed by atoms with Gasteiger partial charge >= 0.3 is 5.91 Å². The number of benzene rings is 1. The van der Waals surface area contributed by atoms with Gasteiger partial charge in [-0.25, -0.2) is 4.79 Å². The molecule has 0 unspecified atom stereocenters. The first-order chi connectivity index (χ1) is 15.9. The zero-order chi connectivity index (χ0) is 23.0. The highest BCUT2D eigenvalue weighted by molar-refractivity contribution is 9.10. The van der Waals surface area contributed by atoms with Gasteiger partial charge < -0.3 is 9.94 Å². The first kappa shape index (κ1) is 22.2. The van der Waals surface area contributed by atoms with Crippen LogP contribution in [-0.4, -0.2) is 33.6 Å². The summed E-state index contributed by atoms with van der Waals surface area (Å²) in [6, 6.07) is 11.1. The Balaban J connectivity index is 1.49. The molecule has 4 heterocycles. The predicted octanol–water partition coefficient (Wildman–Crippen LogP) is 5.46. The zero-order valence-corrected chi connectivity index (χ0v) is 20.1. The number of hydrogen-bond donors (Lipinski definition) is 0. The molecule has 0 N–H and O–H groups in total. The van der Waals surface area contributed by atoms with Crippen molar-refractivity contribution in [2.75, 3.05) is 13.1 Å². The zero-order valence-electron chi connectivity index (χ0n) is 17.8. The summed E-state index contributed by atoms with van der Waals surface area (Å²) in [5.74, 6) is 0.380. The van der Waals surface area contributed by atoms with Crippen molar-refractivity contribution in [1.29, 1.82) is 0 Å². The molecule has 168 valence electrons. The molecule has 5 rings (SSSR count). The predicted molar refractivity (Wildman–Crippen MR) is 129 cm³/mol. The van der Waals surface area contributed by atoms with Crippen molar-refractivity contribution in [2.45, 2.75) is 25.9 Å². The van der Waals surface area contributed by atoms with Crippen molar-refractivity contribution in [1.82, 2.24) is 9.97 Å². The molecule has 0 spiro atoms. The molecule has 0 aliphatic carbocycles. The number of quaternary nitrogens is 1. The average molecular weight is 527 g/mol. The summed E-state index contributed by atoms with van der Waals surface area (Å²) in [5.41, 5.74) is 5.63. The minimum absolute atomic E-state index is 0.117. The van der Waals surface area contributed by atoms with Crippen LogP contribution in [0.4, 0.5) is 0 Å². The number of fused-ring (bicyclic) bond motifs is 2. The average Bonchev–Trinajstić information content (AvgIpc) is 2.96. The van der Waals surface area contributed by atoms with E-state index in [1.54, 1.807) is 30.7 Å². The van der Waals surface area contributed by atoms with Gasteiger partial charge in [0.1, 0.15) is 12.4 Å². The highest BCUT2D eigenvalue weighted by Crippen LogP contribution is 2.42. The van der Waals surface area contributed by atoms with Gasteiger partial charge in [-0.15, -0.1) is 0 Å². The van der Waals surface area contributed by atoms with Crippen LogP contribution < -0.4 is 4.74 Å². The monoisotopic (exact) mass is 525 g/mol. The van der Waals surface area contributed by atoms with E-state index in [9.17, 15) is 10.0 Å². The first-order valence-corrected chi connectivity index (χ1v) is 11.9. The molecular formula is C25H21BrClN3O3. The van der Waals surface area contributed by atoms with E-state index in [1.165, 1.54) is 0 Å². The Labute approximate surface area is 205 Å². The number of carbonyl (C=O) groups excluding carboxylic acids is 1. The molecule has 3 aromatic rings. The minimum Gasteiger partial charge on any atom is -0.625 e. The van der Waals surface area contributed by atoms with Gasteiger partial charge in [0.25, 0.3) is 0 Å². The molecule has 8 heteroatoms. The van der Waals surface area contributed by atoms with Gasteiger partial charge in [-0.05, 0) is 63.5 Å². The number of pyridine rings is 2. The van der Waals surface area contributed by atoms with Gasteiger partial charge in [-0.1, -0.05) is 11.6 Å². The van der Waals surface area contributed by atoms with E-state index in [2.05, 4.69) is 20.9 Å². The summed E-state index contributed by atoms with van der Waals surface area (Å²) in [6.07, 6.45) is 6.19. The number of carbonyl (C=O) groups is 1. The third kappa shape index (κ3) is 4.46. The van der Waals surface area contributed by atoms with Crippen LogP contribution in [0.2, 0.25) is 5.02 Å². The van der Waals surface area contributed by atoms with Crippen LogP contribution in [0.25, 0.3) is 5.57 Å². The Hall–Kier alpha value is -2.58. The summed E-state index contributed by atoms with van der Waals surface area (Å²) >= 11 is 9.73. The summed E-state index contributed by atoms with van der Waals surface area (Å²) in [4.78, 5) is 21.6. The lowest BCUT2D eigenvalue weighted by molar-refractivity contribution is -0.807. The summed E-state index contributed by atoms with van der Waals surface area (Å²) < 4.78 is 6.13. The largest absolute Gasteiger partial charge is 0.625 e. The number of aromatic nitrogens is 2. The summed E-state index contributed by atoms with van der Waals surface area (Å²) in [7, 11) is 0. The maximum atomic E-state index is 13.4. The van der Waals surface area contributed by atoms with Crippen LogP contribution >= 0.6 is 27.5 Å². The Morgan fingerprint density at radius 3 is 2.67 bits per heavy atom. The van der Waals surface area contributed by atoms with Gasteiger partial charge in [0.05, 0.1) is 25.2 Å². The molecule has 2 aliphatic rings. The SMILES string of the molecule is O=C(Cc1ccncc1)[N+]1([O-])CCC(=C2c3ccc(Cl)cc3OCc3cc(Br)cnc32)CC1. The second-order valence-corrected chi connectivity index (χ2v) is 9.68. The second kappa shape index (κ2) is 8.99. The van der Waals surface area contributed by atoms with Gasteiger partial charge in [-0.2, -0.15) is 0 Å². The Morgan fingerprint density at radius 2 is 1.91 bits per heavy atom. The number of likely N-dealkylation sites (tertiary alicyclic amines) is 1. The maximum absolute atomic E-state index is 13.4. The van der Waals surface area contributed by atoms with Crippen molar-refractivity contribution in [3.05, 3.63) is 97.6 Å². The van der Waals surface area contributed by atoms with Gasteiger partial charge in [0.15, 0.2) is 0 Å². The van der Waals surface area contributed by atoms with Crippen LogP contribution in [0, 0.1) is 5.21 Å². The van der Waals surface area contributed by atoms with E-state index in [-0.39, 0.29) is 25.4 Å². The lowest BCUT2D eigenvalue weighted by Gasteiger charge is -2.43. The van der Waals surface area contributed by atoms with Crippen molar-refractivity contribution in [3.8, 4) is 5.75 Å². The molecular weight excluding hydrogens is 506 g/mol. The smallest absolute Gasteiger partial charge is 0.318 e. The molecule has 1 saturated heterocycles. The third-order valence-electron chi connectivity index (χ3n) is 6.23. The fourth-order valence-corrected chi connectivity index (χ4v) is 5.01. The van der Waals surface area contributed by atoms with Gasteiger partial charge in [0, 0.05) is 57.6 Å². The number of nitrogens with zero attached hydrogens (tertiary/aromatic N) is 3.